The van der Waals surface area contributed by atoms with Gasteiger partial charge in [0.1, 0.15) is 0 Å². The smallest absolute Gasteiger partial charge is 0.346 e. The van der Waals surface area contributed by atoms with Crippen LogP contribution in [0.2, 0.25) is 0 Å². The minimum Gasteiger partial charge on any atom is -0.346 e. The fourth-order valence-electron chi connectivity index (χ4n) is 2.34. The van der Waals surface area contributed by atoms with Crippen LogP contribution in [0.15, 0.2) is 47.4 Å². The number of sulfonamides is 1. The Hall–Kier alpha value is -2.39. The first-order valence-corrected chi connectivity index (χ1v) is 9.05. The van der Waals surface area contributed by atoms with Crippen molar-refractivity contribution in [3.05, 3.63) is 64.7 Å². The van der Waals surface area contributed by atoms with E-state index in [2.05, 4.69) is 5.32 Å². The van der Waals surface area contributed by atoms with E-state index < -0.39 is 33.7 Å². The number of nitrogens with two attached hydrogens (primary N) is 1. The van der Waals surface area contributed by atoms with E-state index in [9.17, 15) is 26.4 Å². The normalized spacial score (nSPS) is 13.3. The van der Waals surface area contributed by atoms with Crippen molar-refractivity contribution in [2.24, 2.45) is 5.14 Å². The highest BCUT2D eigenvalue weighted by atomic mass is 32.2. The second-order valence-corrected chi connectivity index (χ2v) is 7.40. The number of rotatable bonds is 4. The minimum absolute atomic E-state index is 0.121. The van der Waals surface area contributed by atoms with E-state index in [1.807, 2.05) is 0 Å². The molecule has 2 aromatic carbocycles. The Labute approximate surface area is 149 Å². The number of halogens is 3. The number of hydrogen-bond donors (Lipinski definition) is 2. The molecular weight excluding hydrogens is 369 g/mol. The van der Waals surface area contributed by atoms with Gasteiger partial charge in [-0.3, -0.25) is 4.79 Å². The Bertz CT molecular complexity index is 923. The second kappa shape index (κ2) is 7.08. The molecule has 26 heavy (non-hydrogen) atoms. The monoisotopic (exact) mass is 386 g/mol. The van der Waals surface area contributed by atoms with Crippen molar-refractivity contribution in [1.29, 1.82) is 0 Å². The third kappa shape index (κ3) is 4.61. The lowest BCUT2D eigenvalue weighted by atomic mass is 10.0. The summed E-state index contributed by atoms with van der Waals surface area (Å²) in [4.78, 5) is 12.2. The van der Waals surface area contributed by atoms with Crippen molar-refractivity contribution in [2.45, 2.75) is 31.0 Å². The lowest BCUT2D eigenvalue weighted by Crippen LogP contribution is -2.27. The van der Waals surface area contributed by atoms with E-state index in [1.165, 1.54) is 30.3 Å². The van der Waals surface area contributed by atoms with Gasteiger partial charge in [-0.25, -0.2) is 13.6 Å². The molecule has 0 aliphatic rings. The van der Waals surface area contributed by atoms with Crippen LogP contribution in [-0.2, 0) is 16.2 Å². The van der Waals surface area contributed by atoms with Gasteiger partial charge in [0.2, 0.25) is 10.0 Å². The number of hydrogen-bond acceptors (Lipinski definition) is 3. The minimum atomic E-state index is -4.43. The highest BCUT2D eigenvalue weighted by molar-refractivity contribution is 7.89. The zero-order valence-corrected chi connectivity index (χ0v) is 14.8. The van der Waals surface area contributed by atoms with Crippen LogP contribution >= 0.6 is 0 Å². The Kier molecular flexibility index (Phi) is 5.43. The molecular formula is C17H17F3N2O3S. The van der Waals surface area contributed by atoms with Gasteiger partial charge in [0.05, 0.1) is 16.5 Å². The molecule has 0 aliphatic heterocycles. The topological polar surface area (TPSA) is 89.3 Å². The standard InChI is InChI=1S/C17H17F3N2O3S/c1-10-3-8-14(26(21,24)25)9-15(10)16(23)22-11(2)12-4-6-13(7-5-12)17(18,19)20/h3-9,11H,1-2H3,(H,22,23)(H2,21,24,25)/t11-/m1/s1. The molecule has 0 bridgehead atoms. The molecule has 2 rings (SSSR count). The van der Waals surface area contributed by atoms with E-state index in [0.717, 1.165) is 12.1 Å². The number of carbonyl (C=O) groups excluding carboxylic acids is 1. The molecule has 140 valence electrons. The highest BCUT2D eigenvalue weighted by Crippen LogP contribution is 2.30. The van der Waals surface area contributed by atoms with Crippen molar-refractivity contribution in [3.8, 4) is 0 Å². The predicted octanol–water partition coefficient (Wildman–Crippen LogP) is 3.15. The van der Waals surface area contributed by atoms with Gasteiger partial charge in [-0.15, -0.1) is 0 Å². The van der Waals surface area contributed by atoms with E-state index in [0.29, 0.717) is 11.1 Å². The average Bonchev–Trinajstić information content (AvgIpc) is 2.53. The van der Waals surface area contributed by atoms with Crippen molar-refractivity contribution in [1.82, 2.24) is 5.32 Å². The van der Waals surface area contributed by atoms with Crippen LogP contribution < -0.4 is 10.5 Å². The summed E-state index contributed by atoms with van der Waals surface area (Å²) >= 11 is 0. The van der Waals surface area contributed by atoms with E-state index >= 15 is 0 Å². The van der Waals surface area contributed by atoms with Crippen molar-refractivity contribution in [3.63, 3.8) is 0 Å². The lowest BCUT2D eigenvalue weighted by molar-refractivity contribution is -0.137. The van der Waals surface area contributed by atoms with Gasteiger partial charge in [-0.05, 0) is 49.2 Å². The van der Waals surface area contributed by atoms with Crippen molar-refractivity contribution >= 4 is 15.9 Å². The molecule has 3 N–H and O–H groups in total. The van der Waals surface area contributed by atoms with Gasteiger partial charge in [0, 0.05) is 5.56 Å². The molecule has 0 radical (unpaired) electrons. The summed E-state index contributed by atoms with van der Waals surface area (Å²) in [6.07, 6.45) is -4.43. The summed E-state index contributed by atoms with van der Waals surface area (Å²) in [6.45, 7) is 3.24. The molecule has 0 saturated carbocycles. The molecule has 2 aromatic rings. The molecule has 0 spiro atoms. The zero-order chi connectivity index (χ0) is 19.7. The Balaban J connectivity index is 2.22. The molecule has 5 nitrogen and oxygen atoms in total. The summed E-state index contributed by atoms with van der Waals surface area (Å²) in [7, 11) is -3.96. The average molecular weight is 386 g/mol. The van der Waals surface area contributed by atoms with Gasteiger partial charge in [-0.2, -0.15) is 13.2 Å². The van der Waals surface area contributed by atoms with Gasteiger partial charge in [0.15, 0.2) is 0 Å². The number of carbonyl (C=O) groups is 1. The third-order valence-corrected chi connectivity index (χ3v) is 4.78. The maximum Gasteiger partial charge on any atom is 0.416 e. The molecule has 0 saturated heterocycles. The summed E-state index contributed by atoms with van der Waals surface area (Å²) in [5.41, 5.74) is 0.355. The Morgan fingerprint density at radius 2 is 1.69 bits per heavy atom. The summed E-state index contributed by atoms with van der Waals surface area (Å²) in [6, 6.07) is 7.76. The maximum absolute atomic E-state index is 12.6. The van der Waals surface area contributed by atoms with Crippen LogP contribution in [-0.4, -0.2) is 14.3 Å². The van der Waals surface area contributed by atoms with Crippen LogP contribution in [0.1, 0.15) is 40.0 Å². The van der Waals surface area contributed by atoms with Crippen molar-refractivity contribution in [2.75, 3.05) is 0 Å². The first-order chi connectivity index (χ1) is 11.9. The molecule has 0 heterocycles. The lowest BCUT2D eigenvalue weighted by Gasteiger charge is -2.16. The second-order valence-electron chi connectivity index (χ2n) is 5.84. The number of benzene rings is 2. The molecule has 0 unspecified atom stereocenters. The third-order valence-electron chi connectivity index (χ3n) is 3.87. The van der Waals surface area contributed by atoms with Gasteiger partial charge in [-0.1, -0.05) is 18.2 Å². The van der Waals surface area contributed by atoms with Gasteiger partial charge in [0.25, 0.3) is 5.91 Å². The molecule has 0 aromatic heterocycles. The number of amides is 1. The first-order valence-electron chi connectivity index (χ1n) is 7.51. The Morgan fingerprint density at radius 1 is 1.12 bits per heavy atom. The van der Waals surface area contributed by atoms with E-state index in [4.69, 9.17) is 5.14 Å². The number of nitrogens with one attached hydrogen (secondary N) is 1. The molecule has 0 fully saturated rings. The fraction of sp³-hybridized carbons (Fsp3) is 0.235. The van der Waals surface area contributed by atoms with Crippen LogP contribution in [0.5, 0.6) is 0 Å². The van der Waals surface area contributed by atoms with Crippen LogP contribution in [0, 0.1) is 6.92 Å². The van der Waals surface area contributed by atoms with E-state index in [1.54, 1.807) is 13.8 Å². The predicted molar refractivity (Wildman–Crippen MR) is 89.9 cm³/mol. The van der Waals surface area contributed by atoms with Crippen LogP contribution in [0.4, 0.5) is 13.2 Å². The number of alkyl halides is 3. The van der Waals surface area contributed by atoms with Gasteiger partial charge < -0.3 is 5.32 Å². The first kappa shape index (κ1) is 19.9. The summed E-state index contributed by atoms with van der Waals surface area (Å²) in [5, 5.41) is 7.70. The van der Waals surface area contributed by atoms with E-state index in [-0.39, 0.29) is 10.5 Å². The number of aryl methyl sites for hydroxylation is 1. The highest BCUT2D eigenvalue weighted by Gasteiger charge is 2.30. The van der Waals surface area contributed by atoms with Gasteiger partial charge >= 0.3 is 6.18 Å². The SMILES string of the molecule is Cc1ccc(S(N)(=O)=O)cc1C(=O)N[C@H](C)c1ccc(C(F)(F)F)cc1. The maximum atomic E-state index is 12.6. The Morgan fingerprint density at radius 3 is 2.19 bits per heavy atom. The number of primary sulfonamides is 1. The van der Waals surface area contributed by atoms with Crippen LogP contribution in [0.3, 0.4) is 0 Å². The van der Waals surface area contributed by atoms with Crippen molar-refractivity contribution < 1.29 is 26.4 Å². The molecule has 1 amide bonds. The molecule has 0 aliphatic carbocycles. The molecule has 9 heteroatoms. The largest absolute Gasteiger partial charge is 0.416 e. The quantitative estimate of drug-likeness (QED) is 0.846. The van der Waals surface area contributed by atoms with Crippen LogP contribution in [0.25, 0.3) is 0 Å². The summed E-state index contributed by atoms with van der Waals surface area (Å²) in [5.74, 6) is -0.555. The fourth-order valence-corrected chi connectivity index (χ4v) is 2.88. The summed E-state index contributed by atoms with van der Waals surface area (Å²) < 4.78 is 60.7. The zero-order valence-electron chi connectivity index (χ0n) is 14.0. The molecule has 1 atom stereocenters.